The summed E-state index contributed by atoms with van der Waals surface area (Å²) in [6, 6.07) is 14.1. The first-order chi connectivity index (χ1) is 16.3. The Kier molecular flexibility index (Phi) is 5.95. The number of carbonyl (C=O) groups excluding carboxylic acids is 2. The van der Waals surface area contributed by atoms with E-state index in [1.54, 1.807) is 24.3 Å². The lowest BCUT2D eigenvalue weighted by molar-refractivity contribution is 0.101. The van der Waals surface area contributed by atoms with Gasteiger partial charge in [-0.2, -0.15) is 0 Å². The number of phenolic OH excluding ortho intramolecular Hbond substituents is 4. The van der Waals surface area contributed by atoms with E-state index in [-0.39, 0.29) is 22.6 Å². The standard InChI is InChI=1S/C24H18N4O6/c29-19-7-1-13(9-21(19)31)23(33)27-15-3-5-17(25-11-15)18-6-4-16(12-26-18)28-24(34)14-2-8-20(30)22(32)10-14/h1-12,29-32H,(H,27,33)(H,28,34). The second-order valence-corrected chi connectivity index (χ2v) is 7.18. The summed E-state index contributed by atoms with van der Waals surface area (Å²) >= 11 is 0. The number of pyridine rings is 2. The van der Waals surface area contributed by atoms with Crippen LogP contribution in [0.2, 0.25) is 0 Å². The lowest BCUT2D eigenvalue weighted by atomic mass is 10.2. The highest BCUT2D eigenvalue weighted by Crippen LogP contribution is 2.26. The SMILES string of the molecule is O=C(Nc1ccc(-c2ccc(NC(=O)c3ccc(O)c(O)c3)cn2)nc1)c1ccc(O)c(O)c1. The van der Waals surface area contributed by atoms with E-state index >= 15 is 0 Å². The average molecular weight is 458 g/mol. The molecule has 34 heavy (non-hydrogen) atoms. The summed E-state index contributed by atoms with van der Waals surface area (Å²) in [5.74, 6) is -2.39. The Morgan fingerprint density at radius 1 is 0.559 bits per heavy atom. The van der Waals surface area contributed by atoms with E-state index < -0.39 is 23.3 Å². The van der Waals surface area contributed by atoms with E-state index in [9.17, 15) is 30.0 Å². The van der Waals surface area contributed by atoms with Gasteiger partial charge >= 0.3 is 0 Å². The predicted molar refractivity (Wildman–Crippen MR) is 123 cm³/mol. The number of aromatic hydroxyl groups is 4. The molecule has 0 atom stereocenters. The molecule has 0 unspecified atom stereocenters. The van der Waals surface area contributed by atoms with E-state index in [4.69, 9.17) is 0 Å². The number of aromatic nitrogens is 2. The third-order valence-corrected chi connectivity index (χ3v) is 4.78. The van der Waals surface area contributed by atoms with Gasteiger partial charge in [0.2, 0.25) is 0 Å². The summed E-state index contributed by atoms with van der Waals surface area (Å²) in [5.41, 5.74) is 2.23. The lowest BCUT2D eigenvalue weighted by Gasteiger charge is -2.08. The molecule has 6 N–H and O–H groups in total. The topological polar surface area (TPSA) is 165 Å². The summed E-state index contributed by atoms with van der Waals surface area (Å²) in [5, 5.41) is 43.0. The molecule has 4 rings (SSSR count). The Morgan fingerprint density at radius 3 is 1.29 bits per heavy atom. The van der Waals surface area contributed by atoms with E-state index in [0.717, 1.165) is 12.1 Å². The van der Waals surface area contributed by atoms with Crippen molar-refractivity contribution in [3.05, 3.63) is 84.2 Å². The van der Waals surface area contributed by atoms with Crippen LogP contribution in [0, 0.1) is 0 Å². The Bertz CT molecular complexity index is 1260. The van der Waals surface area contributed by atoms with Gasteiger partial charge in [0.15, 0.2) is 23.0 Å². The Hall–Kier alpha value is -5.12. The number of benzene rings is 2. The molecule has 4 aromatic rings. The molecule has 2 aromatic carbocycles. The quantitative estimate of drug-likeness (QED) is 0.247. The fraction of sp³-hybridized carbons (Fsp3) is 0. The molecule has 0 fully saturated rings. The van der Waals surface area contributed by atoms with E-state index in [1.165, 1.54) is 36.7 Å². The summed E-state index contributed by atoms with van der Waals surface area (Å²) in [7, 11) is 0. The van der Waals surface area contributed by atoms with Crippen LogP contribution in [0.3, 0.4) is 0 Å². The number of anilines is 2. The van der Waals surface area contributed by atoms with Gasteiger partial charge in [0.25, 0.3) is 11.8 Å². The summed E-state index contributed by atoms with van der Waals surface area (Å²) in [6.45, 7) is 0. The number of amides is 2. The monoisotopic (exact) mass is 458 g/mol. The van der Waals surface area contributed by atoms with Crippen molar-refractivity contribution in [3.63, 3.8) is 0 Å². The predicted octanol–water partition coefficient (Wildman–Crippen LogP) is 3.47. The van der Waals surface area contributed by atoms with Crippen molar-refractivity contribution in [1.29, 1.82) is 0 Å². The van der Waals surface area contributed by atoms with Crippen molar-refractivity contribution >= 4 is 23.2 Å². The van der Waals surface area contributed by atoms with Gasteiger partial charge in [-0.1, -0.05) is 0 Å². The highest BCUT2D eigenvalue weighted by Gasteiger charge is 2.11. The average Bonchev–Trinajstić information content (AvgIpc) is 2.83. The first-order valence-electron chi connectivity index (χ1n) is 9.89. The van der Waals surface area contributed by atoms with Crippen LogP contribution in [-0.4, -0.2) is 42.2 Å². The Labute approximate surface area is 192 Å². The van der Waals surface area contributed by atoms with Crippen molar-refractivity contribution in [2.45, 2.75) is 0 Å². The number of hydrogen-bond acceptors (Lipinski definition) is 8. The van der Waals surface area contributed by atoms with Crippen LogP contribution >= 0.6 is 0 Å². The number of rotatable bonds is 5. The maximum Gasteiger partial charge on any atom is 0.255 e. The molecule has 0 aliphatic heterocycles. The normalized spacial score (nSPS) is 10.5. The molecule has 2 aromatic heterocycles. The zero-order valence-corrected chi connectivity index (χ0v) is 17.4. The number of carbonyl (C=O) groups is 2. The largest absolute Gasteiger partial charge is 0.504 e. The minimum atomic E-state index is -0.481. The highest BCUT2D eigenvalue weighted by atomic mass is 16.3. The first-order valence-corrected chi connectivity index (χ1v) is 9.89. The van der Waals surface area contributed by atoms with Crippen LogP contribution in [-0.2, 0) is 0 Å². The van der Waals surface area contributed by atoms with Gasteiger partial charge in [0.05, 0.1) is 35.2 Å². The summed E-state index contributed by atoms with van der Waals surface area (Å²) in [6.07, 6.45) is 2.89. The van der Waals surface area contributed by atoms with Crippen LogP contribution in [0.4, 0.5) is 11.4 Å². The molecule has 2 heterocycles. The van der Waals surface area contributed by atoms with Crippen molar-refractivity contribution < 1.29 is 30.0 Å². The molecular weight excluding hydrogens is 440 g/mol. The number of nitrogens with zero attached hydrogens (tertiary/aromatic N) is 2. The van der Waals surface area contributed by atoms with E-state index in [1.807, 2.05) is 0 Å². The molecule has 170 valence electrons. The molecule has 0 radical (unpaired) electrons. The second-order valence-electron chi connectivity index (χ2n) is 7.18. The van der Waals surface area contributed by atoms with Gasteiger partial charge in [-0.05, 0) is 60.7 Å². The minimum Gasteiger partial charge on any atom is -0.504 e. The van der Waals surface area contributed by atoms with Crippen LogP contribution in [0.15, 0.2) is 73.1 Å². The van der Waals surface area contributed by atoms with Gasteiger partial charge in [0, 0.05) is 11.1 Å². The maximum absolute atomic E-state index is 12.3. The van der Waals surface area contributed by atoms with Crippen LogP contribution in [0.1, 0.15) is 20.7 Å². The van der Waals surface area contributed by atoms with E-state index in [2.05, 4.69) is 20.6 Å². The molecular formula is C24H18N4O6. The third-order valence-electron chi connectivity index (χ3n) is 4.78. The van der Waals surface area contributed by atoms with Gasteiger partial charge in [-0.3, -0.25) is 19.6 Å². The number of hydrogen-bond donors (Lipinski definition) is 6. The molecule has 10 heteroatoms. The van der Waals surface area contributed by atoms with Crippen molar-refractivity contribution in [3.8, 4) is 34.4 Å². The van der Waals surface area contributed by atoms with Crippen molar-refractivity contribution in [2.24, 2.45) is 0 Å². The van der Waals surface area contributed by atoms with E-state index in [0.29, 0.717) is 22.8 Å². The molecule has 0 aliphatic carbocycles. The molecule has 0 saturated carbocycles. The van der Waals surface area contributed by atoms with Gasteiger partial charge in [-0.25, -0.2) is 0 Å². The smallest absolute Gasteiger partial charge is 0.255 e. The first kappa shape index (κ1) is 22.1. The van der Waals surface area contributed by atoms with Gasteiger partial charge in [-0.15, -0.1) is 0 Å². The number of phenols is 4. The number of nitrogens with one attached hydrogen (secondary N) is 2. The molecule has 0 spiro atoms. The second kappa shape index (κ2) is 9.17. The summed E-state index contributed by atoms with van der Waals surface area (Å²) in [4.78, 5) is 33.1. The highest BCUT2D eigenvalue weighted by molar-refractivity contribution is 6.05. The van der Waals surface area contributed by atoms with Crippen molar-refractivity contribution in [2.75, 3.05) is 10.6 Å². The van der Waals surface area contributed by atoms with Gasteiger partial charge < -0.3 is 31.1 Å². The zero-order chi connectivity index (χ0) is 24.2. The Balaban J connectivity index is 1.40. The molecule has 0 bridgehead atoms. The molecule has 2 amide bonds. The Morgan fingerprint density at radius 2 is 0.971 bits per heavy atom. The van der Waals surface area contributed by atoms with Crippen LogP contribution in [0.25, 0.3) is 11.4 Å². The van der Waals surface area contributed by atoms with Crippen LogP contribution in [0.5, 0.6) is 23.0 Å². The molecule has 0 saturated heterocycles. The van der Waals surface area contributed by atoms with Crippen LogP contribution < -0.4 is 10.6 Å². The third kappa shape index (κ3) is 4.86. The lowest BCUT2D eigenvalue weighted by Crippen LogP contribution is -2.12. The van der Waals surface area contributed by atoms with Gasteiger partial charge in [0.1, 0.15) is 0 Å². The minimum absolute atomic E-state index is 0.168. The molecule has 10 nitrogen and oxygen atoms in total. The molecule has 0 aliphatic rings. The summed E-state index contributed by atoms with van der Waals surface area (Å²) < 4.78 is 0. The van der Waals surface area contributed by atoms with Crippen molar-refractivity contribution in [1.82, 2.24) is 9.97 Å². The fourth-order valence-corrected chi connectivity index (χ4v) is 2.97. The maximum atomic E-state index is 12.3. The fourth-order valence-electron chi connectivity index (χ4n) is 2.97. The zero-order valence-electron chi connectivity index (χ0n) is 17.4.